The molecule has 0 aliphatic heterocycles. The van der Waals surface area contributed by atoms with E-state index >= 15 is 0 Å². The second kappa shape index (κ2) is 8.30. The van der Waals surface area contributed by atoms with Gasteiger partial charge in [0, 0.05) is 30.6 Å². The second-order valence-corrected chi connectivity index (χ2v) is 7.31. The highest BCUT2D eigenvalue weighted by molar-refractivity contribution is 6.02. The molecule has 0 unspecified atom stereocenters. The SMILES string of the molecule is CN=C(C)N(/C=C(\C(C)=NC(C)(C)C)C(C)=C(C)C)C(C)C. The van der Waals surface area contributed by atoms with E-state index in [1.54, 1.807) is 0 Å². The fourth-order valence-electron chi connectivity index (χ4n) is 2.16. The molecule has 126 valence electrons. The summed E-state index contributed by atoms with van der Waals surface area (Å²) in [7, 11) is 1.84. The average molecular weight is 306 g/mol. The van der Waals surface area contributed by atoms with Crippen LogP contribution in [0.15, 0.2) is 32.9 Å². The van der Waals surface area contributed by atoms with Crippen LogP contribution in [0.2, 0.25) is 0 Å². The van der Waals surface area contributed by atoms with E-state index in [1.807, 2.05) is 14.0 Å². The standard InChI is InChI=1S/C19H35N3/c1-13(2)15(5)18(16(6)21-19(8,9)10)12-22(14(3)4)17(7)20-11/h12,14H,1-11H3/b18-12-,20-17?,21-16?. The van der Waals surface area contributed by atoms with Gasteiger partial charge in [0.1, 0.15) is 0 Å². The molecule has 0 saturated carbocycles. The van der Waals surface area contributed by atoms with Crippen molar-refractivity contribution in [1.29, 1.82) is 0 Å². The molecule has 0 aliphatic rings. The molecule has 0 aromatic heterocycles. The van der Waals surface area contributed by atoms with Crippen LogP contribution in [-0.2, 0) is 0 Å². The zero-order valence-corrected chi connectivity index (χ0v) is 16.5. The zero-order valence-electron chi connectivity index (χ0n) is 16.5. The molecule has 0 aromatic carbocycles. The largest absolute Gasteiger partial charge is 0.334 e. The molecule has 0 aliphatic carbocycles. The predicted octanol–water partition coefficient (Wildman–Crippen LogP) is 5.24. The maximum absolute atomic E-state index is 4.86. The summed E-state index contributed by atoms with van der Waals surface area (Å²) in [5.74, 6) is 1.01. The van der Waals surface area contributed by atoms with Crippen molar-refractivity contribution in [2.75, 3.05) is 7.05 Å². The lowest BCUT2D eigenvalue weighted by atomic mass is 9.99. The lowest BCUT2D eigenvalue weighted by molar-refractivity contribution is 0.454. The summed E-state index contributed by atoms with van der Waals surface area (Å²) in [5.41, 5.74) is 4.76. The van der Waals surface area contributed by atoms with Crippen molar-refractivity contribution in [3.8, 4) is 0 Å². The van der Waals surface area contributed by atoms with Crippen LogP contribution in [0.3, 0.4) is 0 Å². The third-order valence-corrected chi connectivity index (χ3v) is 3.57. The van der Waals surface area contributed by atoms with E-state index in [9.17, 15) is 0 Å². The Morgan fingerprint density at radius 1 is 1.00 bits per heavy atom. The second-order valence-electron chi connectivity index (χ2n) is 7.31. The Kier molecular flexibility index (Phi) is 7.78. The van der Waals surface area contributed by atoms with E-state index in [0.29, 0.717) is 6.04 Å². The first-order chi connectivity index (χ1) is 9.90. The van der Waals surface area contributed by atoms with Gasteiger partial charge in [0.2, 0.25) is 0 Å². The summed E-state index contributed by atoms with van der Waals surface area (Å²) in [4.78, 5) is 11.4. The molecule has 3 heteroatoms. The number of rotatable bonds is 4. The van der Waals surface area contributed by atoms with E-state index < -0.39 is 0 Å². The molecule has 22 heavy (non-hydrogen) atoms. The fraction of sp³-hybridized carbons (Fsp3) is 0.684. The summed E-state index contributed by atoms with van der Waals surface area (Å²) in [6, 6.07) is 0.353. The summed E-state index contributed by atoms with van der Waals surface area (Å²) < 4.78 is 0. The van der Waals surface area contributed by atoms with E-state index in [2.05, 4.69) is 78.4 Å². The third-order valence-electron chi connectivity index (χ3n) is 3.57. The lowest BCUT2D eigenvalue weighted by Gasteiger charge is -2.27. The van der Waals surface area contributed by atoms with Crippen LogP contribution in [0.1, 0.15) is 69.2 Å². The molecular weight excluding hydrogens is 270 g/mol. The zero-order chi connectivity index (χ0) is 17.7. The first kappa shape index (κ1) is 20.6. The minimum atomic E-state index is -0.0817. The molecule has 0 rings (SSSR count). The monoisotopic (exact) mass is 305 g/mol. The number of hydrogen-bond acceptors (Lipinski definition) is 2. The Labute approximate surface area is 137 Å². The molecule has 0 bridgehead atoms. The fourth-order valence-corrected chi connectivity index (χ4v) is 2.16. The number of allylic oxidation sites excluding steroid dienone is 3. The Morgan fingerprint density at radius 2 is 1.50 bits per heavy atom. The molecule has 3 nitrogen and oxygen atoms in total. The van der Waals surface area contributed by atoms with Crippen molar-refractivity contribution in [3.63, 3.8) is 0 Å². The number of hydrogen-bond donors (Lipinski definition) is 0. The van der Waals surface area contributed by atoms with Gasteiger partial charge in [-0.25, -0.2) is 0 Å². The number of nitrogens with zero attached hydrogens (tertiary/aromatic N) is 3. The molecule has 0 atom stereocenters. The topological polar surface area (TPSA) is 28.0 Å². The van der Waals surface area contributed by atoms with Crippen molar-refractivity contribution < 1.29 is 0 Å². The molecular formula is C19H35N3. The maximum atomic E-state index is 4.86. The smallest absolute Gasteiger partial charge is 0.0996 e. The quantitative estimate of drug-likeness (QED) is 0.396. The van der Waals surface area contributed by atoms with Gasteiger partial charge in [0.25, 0.3) is 0 Å². The van der Waals surface area contributed by atoms with E-state index in [1.165, 1.54) is 16.7 Å². The molecule has 0 aromatic rings. The van der Waals surface area contributed by atoms with Gasteiger partial charge < -0.3 is 4.90 Å². The Morgan fingerprint density at radius 3 is 1.82 bits per heavy atom. The van der Waals surface area contributed by atoms with Crippen molar-refractivity contribution in [3.05, 3.63) is 22.9 Å². The van der Waals surface area contributed by atoms with Crippen molar-refractivity contribution in [2.24, 2.45) is 9.98 Å². The predicted molar refractivity (Wildman–Crippen MR) is 101 cm³/mol. The molecule has 0 amide bonds. The van der Waals surface area contributed by atoms with Gasteiger partial charge in [-0.1, -0.05) is 5.57 Å². The van der Waals surface area contributed by atoms with Gasteiger partial charge in [0.15, 0.2) is 0 Å². The Hall–Kier alpha value is -1.38. The number of amidine groups is 1. The van der Waals surface area contributed by atoms with Gasteiger partial charge in [-0.15, -0.1) is 0 Å². The van der Waals surface area contributed by atoms with E-state index in [-0.39, 0.29) is 5.54 Å². The molecule has 0 spiro atoms. The highest BCUT2D eigenvalue weighted by Crippen LogP contribution is 2.20. The van der Waals surface area contributed by atoms with E-state index in [0.717, 1.165) is 11.5 Å². The maximum Gasteiger partial charge on any atom is 0.0996 e. The molecule has 0 heterocycles. The summed E-state index contributed by atoms with van der Waals surface area (Å²) in [6.45, 7) is 21.3. The Balaban J connectivity index is 6.16. The normalized spacial score (nSPS) is 14.5. The molecule has 0 fully saturated rings. The molecule has 0 N–H and O–H groups in total. The third kappa shape index (κ3) is 6.59. The summed E-state index contributed by atoms with van der Waals surface area (Å²) in [5, 5.41) is 0. The van der Waals surface area contributed by atoms with Crippen LogP contribution >= 0.6 is 0 Å². The first-order valence-electron chi connectivity index (χ1n) is 8.05. The summed E-state index contributed by atoms with van der Waals surface area (Å²) in [6.07, 6.45) is 2.19. The van der Waals surface area contributed by atoms with Gasteiger partial charge >= 0.3 is 0 Å². The minimum absolute atomic E-state index is 0.0817. The van der Waals surface area contributed by atoms with Crippen LogP contribution in [0, 0.1) is 0 Å². The van der Waals surface area contributed by atoms with E-state index in [4.69, 9.17) is 4.99 Å². The first-order valence-corrected chi connectivity index (χ1v) is 8.05. The average Bonchev–Trinajstić information content (AvgIpc) is 2.35. The van der Waals surface area contributed by atoms with Crippen LogP contribution in [0.4, 0.5) is 0 Å². The summed E-state index contributed by atoms with van der Waals surface area (Å²) >= 11 is 0. The minimum Gasteiger partial charge on any atom is -0.334 e. The molecule has 0 radical (unpaired) electrons. The van der Waals surface area contributed by atoms with Gasteiger partial charge in [0.05, 0.1) is 11.4 Å². The van der Waals surface area contributed by atoms with Crippen molar-refractivity contribution in [1.82, 2.24) is 4.90 Å². The number of aliphatic imine (C=N–C) groups is 2. The lowest BCUT2D eigenvalue weighted by Crippen LogP contribution is -2.31. The van der Waals surface area contributed by atoms with Gasteiger partial charge in [-0.3, -0.25) is 9.98 Å². The van der Waals surface area contributed by atoms with Gasteiger partial charge in [-0.05, 0) is 74.8 Å². The Bertz CT molecular complexity index is 493. The van der Waals surface area contributed by atoms with Crippen molar-refractivity contribution in [2.45, 2.75) is 80.8 Å². The molecule has 0 saturated heterocycles. The van der Waals surface area contributed by atoms with Crippen LogP contribution < -0.4 is 0 Å². The van der Waals surface area contributed by atoms with Crippen LogP contribution in [-0.4, -0.2) is 35.1 Å². The van der Waals surface area contributed by atoms with Gasteiger partial charge in [-0.2, -0.15) is 0 Å². The highest BCUT2D eigenvalue weighted by atomic mass is 15.2. The van der Waals surface area contributed by atoms with Crippen LogP contribution in [0.25, 0.3) is 0 Å². The van der Waals surface area contributed by atoms with Crippen LogP contribution in [0.5, 0.6) is 0 Å². The highest BCUT2D eigenvalue weighted by Gasteiger charge is 2.15. The van der Waals surface area contributed by atoms with Crippen molar-refractivity contribution >= 4 is 11.5 Å².